The molecule has 0 radical (unpaired) electrons. The SMILES string of the molecule is CCCNC(=O)C1CCCN(C(=O)C2CCN(S(=O)(=O)c3ccc(F)c(F)c3)CC2)C1. The number of rotatable bonds is 6. The molecule has 0 aliphatic carbocycles. The number of carbonyl (C=O) groups excluding carboxylic acids is 2. The molecule has 7 nitrogen and oxygen atoms in total. The number of hydrogen-bond donors (Lipinski definition) is 1. The number of nitrogens with zero attached hydrogens (tertiary/aromatic N) is 2. The summed E-state index contributed by atoms with van der Waals surface area (Å²) in [6.45, 7) is 3.85. The van der Waals surface area contributed by atoms with Gasteiger partial charge >= 0.3 is 0 Å². The number of halogens is 2. The Morgan fingerprint density at radius 1 is 1.06 bits per heavy atom. The predicted molar refractivity (Wildman–Crippen MR) is 110 cm³/mol. The Balaban J connectivity index is 1.58. The summed E-state index contributed by atoms with van der Waals surface area (Å²) in [5, 5.41) is 2.89. The van der Waals surface area contributed by atoms with Crippen LogP contribution in [0.2, 0.25) is 0 Å². The maximum Gasteiger partial charge on any atom is 0.243 e. The van der Waals surface area contributed by atoms with E-state index in [1.807, 2.05) is 6.92 Å². The van der Waals surface area contributed by atoms with Crippen LogP contribution in [0.15, 0.2) is 23.1 Å². The van der Waals surface area contributed by atoms with Crippen LogP contribution in [0.5, 0.6) is 0 Å². The number of sulfonamides is 1. The van der Waals surface area contributed by atoms with Gasteiger partial charge in [-0.2, -0.15) is 4.31 Å². The molecule has 2 saturated heterocycles. The molecule has 1 atom stereocenters. The molecule has 2 heterocycles. The largest absolute Gasteiger partial charge is 0.356 e. The van der Waals surface area contributed by atoms with E-state index in [0.717, 1.165) is 31.4 Å². The number of benzene rings is 1. The van der Waals surface area contributed by atoms with Crippen molar-refractivity contribution < 1.29 is 26.8 Å². The molecule has 10 heteroatoms. The number of hydrogen-bond acceptors (Lipinski definition) is 4. The first kappa shape index (κ1) is 23.6. The quantitative estimate of drug-likeness (QED) is 0.709. The van der Waals surface area contributed by atoms with Gasteiger partial charge in [-0.1, -0.05) is 6.92 Å². The summed E-state index contributed by atoms with van der Waals surface area (Å²) >= 11 is 0. The molecular weight excluding hydrogens is 428 g/mol. The Hall–Kier alpha value is -2.07. The third-order valence-corrected chi connectivity index (χ3v) is 7.88. The lowest BCUT2D eigenvalue weighted by Crippen LogP contribution is -2.49. The fourth-order valence-electron chi connectivity index (χ4n) is 4.17. The van der Waals surface area contributed by atoms with Crippen LogP contribution in [0.25, 0.3) is 0 Å². The molecule has 1 N–H and O–H groups in total. The minimum absolute atomic E-state index is 0.0215. The van der Waals surface area contributed by atoms with Crippen molar-refractivity contribution in [1.29, 1.82) is 0 Å². The standard InChI is InChI=1S/C21H29F2N3O4S/c1-2-9-24-20(27)16-4-3-10-25(14-16)21(28)15-7-11-26(12-8-15)31(29,30)17-5-6-18(22)19(23)13-17/h5-6,13,15-16H,2-4,7-12,14H2,1H3,(H,24,27). The van der Waals surface area contributed by atoms with Crippen LogP contribution >= 0.6 is 0 Å². The molecule has 0 bridgehead atoms. The molecule has 1 unspecified atom stereocenters. The van der Waals surface area contributed by atoms with Crippen molar-refractivity contribution in [2.24, 2.45) is 11.8 Å². The minimum Gasteiger partial charge on any atom is -0.356 e. The topological polar surface area (TPSA) is 86.8 Å². The van der Waals surface area contributed by atoms with Crippen LogP contribution in [0.3, 0.4) is 0 Å². The molecule has 172 valence electrons. The van der Waals surface area contributed by atoms with Gasteiger partial charge < -0.3 is 10.2 Å². The minimum atomic E-state index is -3.96. The summed E-state index contributed by atoms with van der Waals surface area (Å²) in [6, 6.07) is 2.52. The molecule has 2 aliphatic heterocycles. The second-order valence-corrected chi connectivity index (χ2v) is 10.1. The second kappa shape index (κ2) is 10.0. The van der Waals surface area contributed by atoms with Gasteiger partial charge in [-0.25, -0.2) is 17.2 Å². The third kappa shape index (κ3) is 5.41. The van der Waals surface area contributed by atoms with E-state index in [-0.39, 0.29) is 41.6 Å². The van der Waals surface area contributed by atoms with E-state index in [4.69, 9.17) is 0 Å². The van der Waals surface area contributed by atoms with Gasteiger partial charge in [0.2, 0.25) is 21.8 Å². The maximum absolute atomic E-state index is 13.5. The molecule has 1 aromatic carbocycles. The first-order valence-electron chi connectivity index (χ1n) is 10.8. The van der Waals surface area contributed by atoms with Crippen molar-refractivity contribution in [1.82, 2.24) is 14.5 Å². The summed E-state index contributed by atoms with van der Waals surface area (Å²) in [4.78, 5) is 26.7. The number of amides is 2. The highest BCUT2D eigenvalue weighted by atomic mass is 32.2. The van der Waals surface area contributed by atoms with Gasteiger partial charge in [0.1, 0.15) is 0 Å². The lowest BCUT2D eigenvalue weighted by atomic mass is 9.92. The molecule has 3 rings (SSSR count). The Morgan fingerprint density at radius 3 is 2.42 bits per heavy atom. The normalized spacial score (nSPS) is 21.1. The highest BCUT2D eigenvalue weighted by Gasteiger charge is 2.36. The molecule has 31 heavy (non-hydrogen) atoms. The lowest BCUT2D eigenvalue weighted by Gasteiger charge is -2.37. The fourth-order valence-corrected chi connectivity index (χ4v) is 5.65. The van der Waals surface area contributed by atoms with Gasteiger partial charge in [-0.05, 0) is 50.3 Å². The van der Waals surface area contributed by atoms with E-state index in [1.54, 1.807) is 4.90 Å². The second-order valence-electron chi connectivity index (χ2n) is 8.17. The summed E-state index contributed by atoms with van der Waals surface area (Å²) in [5.74, 6) is -2.91. The molecule has 0 saturated carbocycles. The van der Waals surface area contributed by atoms with Crippen molar-refractivity contribution in [3.63, 3.8) is 0 Å². The summed E-state index contributed by atoms with van der Waals surface area (Å²) in [6.07, 6.45) is 3.08. The van der Waals surface area contributed by atoms with Crippen molar-refractivity contribution in [3.8, 4) is 0 Å². The average Bonchev–Trinajstić information content (AvgIpc) is 2.78. The number of piperidine rings is 2. The Kier molecular flexibility index (Phi) is 7.64. The van der Waals surface area contributed by atoms with E-state index in [9.17, 15) is 26.8 Å². The van der Waals surface area contributed by atoms with Crippen LogP contribution < -0.4 is 5.32 Å². The van der Waals surface area contributed by atoms with Gasteiger partial charge in [-0.3, -0.25) is 9.59 Å². The monoisotopic (exact) mass is 457 g/mol. The Bertz CT molecular complexity index is 917. The van der Waals surface area contributed by atoms with E-state index >= 15 is 0 Å². The first-order chi connectivity index (χ1) is 14.7. The van der Waals surface area contributed by atoms with E-state index in [1.165, 1.54) is 4.31 Å². The van der Waals surface area contributed by atoms with Crippen LogP contribution in [-0.2, 0) is 19.6 Å². The third-order valence-electron chi connectivity index (χ3n) is 5.99. The van der Waals surface area contributed by atoms with E-state index in [0.29, 0.717) is 38.5 Å². The summed E-state index contributed by atoms with van der Waals surface area (Å²) in [7, 11) is -3.96. The van der Waals surface area contributed by atoms with E-state index in [2.05, 4.69) is 5.32 Å². The first-order valence-corrected chi connectivity index (χ1v) is 12.2. The lowest BCUT2D eigenvalue weighted by molar-refractivity contribution is -0.140. The number of nitrogens with one attached hydrogen (secondary N) is 1. The van der Waals surface area contributed by atoms with Gasteiger partial charge in [0.25, 0.3) is 0 Å². The van der Waals surface area contributed by atoms with E-state index < -0.39 is 21.7 Å². The molecule has 2 amide bonds. The van der Waals surface area contributed by atoms with Gasteiger partial charge in [-0.15, -0.1) is 0 Å². The maximum atomic E-state index is 13.5. The fraction of sp³-hybridized carbons (Fsp3) is 0.619. The molecule has 0 aromatic heterocycles. The average molecular weight is 458 g/mol. The Labute approximate surface area is 181 Å². The van der Waals surface area contributed by atoms with Crippen LogP contribution in [0, 0.1) is 23.5 Å². The van der Waals surface area contributed by atoms with Crippen molar-refractivity contribution in [2.45, 2.75) is 43.9 Å². The van der Waals surface area contributed by atoms with Crippen molar-refractivity contribution >= 4 is 21.8 Å². The van der Waals surface area contributed by atoms with Gasteiger partial charge in [0.05, 0.1) is 10.8 Å². The number of likely N-dealkylation sites (tertiary alicyclic amines) is 1. The predicted octanol–water partition coefficient (Wildman–Crippen LogP) is 2.13. The van der Waals surface area contributed by atoms with Crippen LogP contribution in [0.4, 0.5) is 8.78 Å². The molecule has 0 spiro atoms. The van der Waals surface area contributed by atoms with Crippen LogP contribution in [0.1, 0.15) is 39.0 Å². The van der Waals surface area contributed by atoms with Crippen molar-refractivity contribution in [3.05, 3.63) is 29.8 Å². The highest BCUT2D eigenvalue weighted by molar-refractivity contribution is 7.89. The molecule has 2 fully saturated rings. The molecular formula is C21H29F2N3O4S. The zero-order chi connectivity index (χ0) is 22.6. The van der Waals surface area contributed by atoms with Gasteiger partial charge in [0.15, 0.2) is 11.6 Å². The van der Waals surface area contributed by atoms with Crippen LogP contribution in [-0.4, -0.2) is 62.2 Å². The summed E-state index contributed by atoms with van der Waals surface area (Å²) < 4.78 is 53.3. The zero-order valence-electron chi connectivity index (χ0n) is 17.6. The van der Waals surface area contributed by atoms with Gasteiger partial charge in [0, 0.05) is 38.6 Å². The Morgan fingerprint density at radius 2 is 1.77 bits per heavy atom. The molecule has 1 aromatic rings. The number of carbonyl (C=O) groups is 2. The zero-order valence-corrected chi connectivity index (χ0v) is 18.5. The molecule has 2 aliphatic rings. The highest BCUT2D eigenvalue weighted by Crippen LogP contribution is 2.27. The van der Waals surface area contributed by atoms with Crippen molar-refractivity contribution in [2.75, 3.05) is 32.7 Å². The smallest absolute Gasteiger partial charge is 0.243 e. The summed E-state index contributed by atoms with van der Waals surface area (Å²) in [5.41, 5.74) is 0.